The van der Waals surface area contributed by atoms with E-state index in [1.165, 1.54) is 0 Å². The van der Waals surface area contributed by atoms with Gasteiger partial charge in [-0.2, -0.15) is 0 Å². The summed E-state index contributed by atoms with van der Waals surface area (Å²) < 4.78 is 5.13. The van der Waals surface area contributed by atoms with Crippen LogP contribution < -0.4 is 5.32 Å². The van der Waals surface area contributed by atoms with E-state index < -0.39 is 0 Å². The molecule has 0 spiro atoms. The van der Waals surface area contributed by atoms with Gasteiger partial charge in [0.2, 0.25) is 0 Å². The van der Waals surface area contributed by atoms with Crippen molar-refractivity contribution in [1.29, 1.82) is 0 Å². The SMILES string of the molecule is CCCNC(=O)c1c(-c2c(Cl)cccc2Cl)noc1C. The Balaban J connectivity index is 2.51. The quantitative estimate of drug-likeness (QED) is 0.924. The first kappa shape index (κ1) is 14.9. The molecule has 2 aromatic rings. The molecule has 0 atom stereocenters. The largest absolute Gasteiger partial charge is 0.360 e. The fourth-order valence-corrected chi connectivity index (χ4v) is 2.44. The van der Waals surface area contributed by atoms with E-state index in [1.54, 1.807) is 25.1 Å². The predicted molar refractivity (Wildman–Crippen MR) is 79.3 cm³/mol. The van der Waals surface area contributed by atoms with Crippen molar-refractivity contribution in [3.8, 4) is 11.3 Å². The predicted octanol–water partition coefficient (Wildman–Crippen LogP) is 4.10. The van der Waals surface area contributed by atoms with Gasteiger partial charge in [0.05, 0.1) is 10.0 Å². The second kappa shape index (κ2) is 6.29. The van der Waals surface area contributed by atoms with Gasteiger partial charge in [-0.3, -0.25) is 4.79 Å². The molecule has 0 saturated carbocycles. The van der Waals surface area contributed by atoms with Gasteiger partial charge in [-0.15, -0.1) is 0 Å². The van der Waals surface area contributed by atoms with Crippen molar-refractivity contribution in [2.45, 2.75) is 20.3 Å². The molecular weight excluding hydrogens is 299 g/mol. The number of aromatic nitrogens is 1. The Bertz CT molecular complexity index is 618. The van der Waals surface area contributed by atoms with Crippen molar-refractivity contribution in [3.05, 3.63) is 39.6 Å². The maximum Gasteiger partial charge on any atom is 0.257 e. The van der Waals surface area contributed by atoms with Gasteiger partial charge in [0.15, 0.2) is 0 Å². The molecule has 1 aromatic carbocycles. The summed E-state index contributed by atoms with van der Waals surface area (Å²) in [6, 6.07) is 5.12. The summed E-state index contributed by atoms with van der Waals surface area (Å²) in [5, 5.41) is 7.58. The van der Waals surface area contributed by atoms with E-state index in [-0.39, 0.29) is 5.91 Å². The third kappa shape index (κ3) is 2.81. The molecular formula is C14H14Cl2N2O2. The lowest BCUT2D eigenvalue weighted by atomic mass is 10.1. The Hall–Kier alpha value is -1.52. The molecule has 106 valence electrons. The summed E-state index contributed by atoms with van der Waals surface area (Å²) in [5.74, 6) is 0.196. The minimum Gasteiger partial charge on any atom is -0.360 e. The molecule has 0 bridgehead atoms. The molecule has 1 heterocycles. The summed E-state index contributed by atoms with van der Waals surface area (Å²) in [6.07, 6.45) is 0.845. The van der Waals surface area contributed by atoms with E-state index in [0.29, 0.717) is 39.2 Å². The average Bonchev–Trinajstić information content (AvgIpc) is 2.78. The standard InChI is InChI=1S/C14H14Cl2N2O2/c1-3-7-17-14(19)11-8(2)20-18-13(11)12-9(15)5-4-6-10(12)16/h4-6H,3,7H2,1-2H3,(H,17,19). The molecule has 1 aromatic heterocycles. The molecule has 1 amide bonds. The number of hydrogen-bond donors (Lipinski definition) is 1. The monoisotopic (exact) mass is 312 g/mol. The normalized spacial score (nSPS) is 10.6. The van der Waals surface area contributed by atoms with E-state index in [9.17, 15) is 4.79 Å². The number of benzene rings is 1. The van der Waals surface area contributed by atoms with Gasteiger partial charge >= 0.3 is 0 Å². The highest BCUT2D eigenvalue weighted by Crippen LogP contribution is 2.36. The smallest absolute Gasteiger partial charge is 0.257 e. The van der Waals surface area contributed by atoms with Crippen molar-refractivity contribution in [1.82, 2.24) is 10.5 Å². The lowest BCUT2D eigenvalue weighted by Gasteiger charge is -2.07. The topological polar surface area (TPSA) is 55.1 Å². The van der Waals surface area contributed by atoms with Crippen LogP contribution in [0.1, 0.15) is 29.5 Å². The van der Waals surface area contributed by atoms with Crippen LogP contribution in [-0.4, -0.2) is 17.6 Å². The molecule has 0 fully saturated rings. The lowest BCUT2D eigenvalue weighted by molar-refractivity contribution is 0.0952. The zero-order valence-electron chi connectivity index (χ0n) is 11.2. The highest BCUT2D eigenvalue weighted by atomic mass is 35.5. The first-order valence-electron chi connectivity index (χ1n) is 6.25. The summed E-state index contributed by atoms with van der Waals surface area (Å²) in [5.41, 5.74) is 1.24. The molecule has 6 heteroatoms. The fraction of sp³-hybridized carbons (Fsp3) is 0.286. The van der Waals surface area contributed by atoms with Crippen molar-refractivity contribution in [2.75, 3.05) is 6.54 Å². The lowest BCUT2D eigenvalue weighted by Crippen LogP contribution is -2.24. The van der Waals surface area contributed by atoms with Crippen molar-refractivity contribution >= 4 is 29.1 Å². The Morgan fingerprint density at radius 2 is 2.00 bits per heavy atom. The van der Waals surface area contributed by atoms with Gasteiger partial charge in [-0.25, -0.2) is 0 Å². The molecule has 1 N–H and O–H groups in total. The zero-order valence-corrected chi connectivity index (χ0v) is 12.7. The number of amides is 1. The van der Waals surface area contributed by atoms with Gasteiger partial charge < -0.3 is 9.84 Å². The van der Waals surface area contributed by atoms with Crippen LogP contribution in [-0.2, 0) is 0 Å². The number of aryl methyl sites for hydroxylation is 1. The van der Waals surface area contributed by atoms with Crippen molar-refractivity contribution in [2.24, 2.45) is 0 Å². The maximum absolute atomic E-state index is 12.2. The van der Waals surface area contributed by atoms with Crippen LogP contribution in [0.4, 0.5) is 0 Å². The highest BCUT2D eigenvalue weighted by molar-refractivity contribution is 6.39. The van der Waals surface area contributed by atoms with Gasteiger partial charge in [0.1, 0.15) is 17.0 Å². The number of halogens is 2. The van der Waals surface area contributed by atoms with Crippen LogP contribution in [0.15, 0.2) is 22.7 Å². The summed E-state index contributed by atoms with van der Waals surface area (Å²) >= 11 is 12.3. The van der Waals surface area contributed by atoms with Crippen LogP contribution in [0.25, 0.3) is 11.3 Å². The number of rotatable bonds is 4. The third-order valence-electron chi connectivity index (χ3n) is 2.82. The van der Waals surface area contributed by atoms with Crippen LogP contribution in [0.3, 0.4) is 0 Å². The van der Waals surface area contributed by atoms with E-state index in [4.69, 9.17) is 27.7 Å². The van der Waals surface area contributed by atoms with Crippen LogP contribution >= 0.6 is 23.2 Å². The number of nitrogens with one attached hydrogen (secondary N) is 1. The number of nitrogens with zero attached hydrogens (tertiary/aromatic N) is 1. The average molecular weight is 313 g/mol. The second-order valence-electron chi connectivity index (χ2n) is 4.31. The highest BCUT2D eigenvalue weighted by Gasteiger charge is 2.24. The van der Waals surface area contributed by atoms with Crippen LogP contribution in [0.2, 0.25) is 10.0 Å². The van der Waals surface area contributed by atoms with E-state index in [0.717, 1.165) is 6.42 Å². The van der Waals surface area contributed by atoms with Crippen molar-refractivity contribution < 1.29 is 9.32 Å². The summed E-state index contributed by atoms with van der Waals surface area (Å²) in [6.45, 7) is 4.24. The molecule has 0 unspecified atom stereocenters. The van der Waals surface area contributed by atoms with E-state index in [2.05, 4.69) is 10.5 Å². The third-order valence-corrected chi connectivity index (χ3v) is 3.45. The number of hydrogen-bond acceptors (Lipinski definition) is 3. The van der Waals surface area contributed by atoms with Gasteiger partial charge in [0.25, 0.3) is 5.91 Å². The molecule has 20 heavy (non-hydrogen) atoms. The summed E-state index contributed by atoms with van der Waals surface area (Å²) in [4.78, 5) is 12.2. The van der Waals surface area contributed by atoms with Gasteiger partial charge in [-0.05, 0) is 25.5 Å². The Labute approximate surface area is 127 Å². The minimum atomic E-state index is -0.239. The molecule has 2 rings (SSSR count). The van der Waals surface area contributed by atoms with Crippen LogP contribution in [0.5, 0.6) is 0 Å². The first-order valence-corrected chi connectivity index (χ1v) is 7.00. The Kier molecular flexibility index (Phi) is 4.68. The van der Waals surface area contributed by atoms with Crippen LogP contribution in [0, 0.1) is 6.92 Å². The summed E-state index contributed by atoms with van der Waals surface area (Å²) in [7, 11) is 0. The fourth-order valence-electron chi connectivity index (χ4n) is 1.86. The molecule has 0 aliphatic rings. The molecule has 0 aliphatic carbocycles. The molecule has 0 saturated heterocycles. The molecule has 0 aliphatic heterocycles. The van der Waals surface area contributed by atoms with E-state index in [1.807, 2.05) is 6.92 Å². The van der Waals surface area contributed by atoms with Gasteiger partial charge in [0, 0.05) is 12.1 Å². The van der Waals surface area contributed by atoms with Gasteiger partial charge in [-0.1, -0.05) is 41.3 Å². The maximum atomic E-state index is 12.2. The van der Waals surface area contributed by atoms with Crippen molar-refractivity contribution in [3.63, 3.8) is 0 Å². The first-order chi connectivity index (χ1) is 9.56. The minimum absolute atomic E-state index is 0.239. The zero-order chi connectivity index (χ0) is 14.7. The number of carbonyl (C=O) groups is 1. The van der Waals surface area contributed by atoms with E-state index >= 15 is 0 Å². The molecule has 4 nitrogen and oxygen atoms in total. The Morgan fingerprint density at radius 1 is 1.35 bits per heavy atom. The second-order valence-corrected chi connectivity index (χ2v) is 5.13. The number of carbonyl (C=O) groups excluding carboxylic acids is 1. The Morgan fingerprint density at radius 3 is 2.60 bits per heavy atom. The molecule has 0 radical (unpaired) electrons.